The Morgan fingerprint density at radius 2 is 2.07 bits per heavy atom. The number of aryl methyl sites for hydroxylation is 1. The largest absolute Gasteiger partial charge is 0.486 e. The predicted octanol–water partition coefficient (Wildman–Crippen LogP) is 4.03. The van der Waals surface area contributed by atoms with Crippen LogP contribution in [0.4, 0.5) is 4.39 Å². The number of rotatable bonds is 9. The van der Waals surface area contributed by atoms with Crippen molar-refractivity contribution in [1.29, 1.82) is 0 Å². The van der Waals surface area contributed by atoms with Gasteiger partial charge < -0.3 is 15.4 Å². The van der Waals surface area contributed by atoms with Gasteiger partial charge in [0.1, 0.15) is 6.10 Å². The molecule has 1 aromatic carbocycles. The fourth-order valence-electron chi connectivity index (χ4n) is 2.29. The van der Waals surface area contributed by atoms with Crippen LogP contribution in [0.1, 0.15) is 31.5 Å². The summed E-state index contributed by atoms with van der Waals surface area (Å²) >= 11 is 1.70. The molecular weight excluding hydrogens is 478 g/mol. The van der Waals surface area contributed by atoms with Crippen molar-refractivity contribution in [1.82, 2.24) is 15.6 Å². The molecule has 2 rings (SSSR count). The van der Waals surface area contributed by atoms with Crippen LogP contribution in [0.15, 0.2) is 34.6 Å². The monoisotopic (exact) mass is 506 g/mol. The second-order valence-corrected chi connectivity index (χ2v) is 6.78. The second-order valence-electron chi connectivity index (χ2n) is 5.84. The maximum atomic E-state index is 13.6. The number of nitrogens with one attached hydrogen (secondary N) is 2. The van der Waals surface area contributed by atoms with Gasteiger partial charge in [-0.2, -0.15) is 0 Å². The number of para-hydroxylation sites is 1. The van der Waals surface area contributed by atoms with Crippen molar-refractivity contribution >= 4 is 41.3 Å². The zero-order valence-electron chi connectivity index (χ0n) is 16.0. The van der Waals surface area contributed by atoms with Crippen LogP contribution >= 0.6 is 35.3 Å². The summed E-state index contributed by atoms with van der Waals surface area (Å²) in [5.41, 5.74) is 1.10. The van der Waals surface area contributed by atoms with Gasteiger partial charge in [-0.25, -0.2) is 14.4 Å². The average molecular weight is 506 g/mol. The Bertz CT molecular complexity index is 711. The third kappa shape index (κ3) is 8.42. The maximum absolute atomic E-state index is 13.6. The van der Waals surface area contributed by atoms with E-state index in [4.69, 9.17) is 4.74 Å². The highest BCUT2D eigenvalue weighted by Gasteiger charge is 2.08. The number of hydrogen-bond donors (Lipinski definition) is 2. The molecule has 0 fully saturated rings. The Labute approximate surface area is 181 Å². The van der Waals surface area contributed by atoms with E-state index in [-0.39, 0.29) is 41.6 Å². The Kier molecular flexibility index (Phi) is 11.3. The van der Waals surface area contributed by atoms with Gasteiger partial charge in [-0.05, 0) is 32.4 Å². The Morgan fingerprint density at radius 1 is 1.30 bits per heavy atom. The summed E-state index contributed by atoms with van der Waals surface area (Å²) in [6.07, 6.45) is 1.60. The number of thiazole rings is 1. The molecule has 0 radical (unpaired) electrons. The summed E-state index contributed by atoms with van der Waals surface area (Å²) in [4.78, 5) is 9.08. The highest BCUT2D eigenvalue weighted by atomic mass is 127. The van der Waals surface area contributed by atoms with E-state index >= 15 is 0 Å². The van der Waals surface area contributed by atoms with Gasteiger partial charge in [-0.3, -0.25) is 0 Å². The normalized spacial score (nSPS) is 12.2. The predicted molar refractivity (Wildman–Crippen MR) is 121 cm³/mol. The molecule has 150 valence electrons. The molecule has 0 saturated heterocycles. The molecule has 27 heavy (non-hydrogen) atoms. The van der Waals surface area contributed by atoms with Gasteiger partial charge in [0.05, 0.1) is 17.2 Å². The molecule has 2 aromatic rings. The lowest BCUT2D eigenvalue weighted by atomic mass is 10.3. The van der Waals surface area contributed by atoms with Crippen molar-refractivity contribution in [2.24, 2.45) is 4.99 Å². The van der Waals surface area contributed by atoms with E-state index in [1.54, 1.807) is 29.5 Å². The van der Waals surface area contributed by atoms with Gasteiger partial charge in [0.2, 0.25) is 0 Å². The molecule has 0 aliphatic carbocycles. The fourth-order valence-corrected chi connectivity index (χ4v) is 3.07. The smallest absolute Gasteiger partial charge is 0.191 e. The summed E-state index contributed by atoms with van der Waals surface area (Å²) in [6, 6.07) is 6.41. The lowest BCUT2D eigenvalue weighted by Gasteiger charge is -2.15. The van der Waals surface area contributed by atoms with Crippen LogP contribution in [-0.4, -0.2) is 36.7 Å². The molecule has 0 amide bonds. The summed E-state index contributed by atoms with van der Waals surface area (Å²) in [5.74, 6) is 0.619. The van der Waals surface area contributed by atoms with E-state index in [1.807, 2.05) is 13.8 Å². The first-order valence-corrected chi connectivity index (χ1v) is 9.87. The lowest BCUT2D eigenvalue weighted by molar-refractivity contribution is 0.220. The third-order valence-corrected chi connectivity index (χ3v) is 4.63. The van der Waals surface area contributed by atoms with E-state index in [0.29, 0.717) is 6.54 Å². The average Bonchev–Trinajstić information content (AvgIpc) is 3.09. The summed E-state index contributed by atoms with van der Waals surface area (Å²) in [7, 11) is 0. The zero-order valence-corrected chi connectivity index (χ0v) is 19.1. The number of ether oxygens (including phenoxy) is 1. The van der Waals surface area contributed by atoms with E-state index in [1.165, 1.54) is 11.1 Å². The first-order valence-electron chi connectivity index (χ1n) is 8.99. The van der Waals surface area contributed by atoms with Crippen molar-refractivity contribution in [2.45, 2.75) is 39.7 Å². The van der Waals surface area contributed by atoms with Gasteiger partial charge in [0, 0.05) is 24.9 Å². The molecule has 1 aromatic heterocycles. The van der Waals surface area contributed by atoms with Gasteiger partial charge in [0.15, 0.2) is 17.5 Å². The zero-order chi connectivity index (χ0) is 18.8. The number of guanidine groups is 1. The van der Waals surface area contributed by atoms with Gasteiger partial charge >= 0.3 is 0 Å². The van der Waals surface area contributed by atoms with Crippen LogP contribution in [-0.2, 0) is 12.8 Å². The Morgan fingerprint density at radius 3 is 2.74 bits per heavy atom. The molecule has 5 nitrogen and oxygen atoms in total. The van der Waals surface area contributed by atoms with Gasteiger partial charge in [0.25, 0.3) is 0 Å². The standard InChI is InChI=1S/C19H27FN4OS.HI/c1-4-18-24-15(13-26-18)10-11-22-19(21-5-2)23-12-14(3)25-17-9-7-6-8-16(17)20;/h6-9,13-14H,4-5,10-12H2,1-3H3,(H2,21,22,23);1H. The van der Waals surface area contributed by atoms with Crippen LogP contribution in [0, 0.1) is 5.82 Å². The highest BCUT2D eigenvalue weighted by Crippen LogP contribution is 2.17. The molecule has 1 unspecified atom stereocenters. The fraction of sp³-hybridized carbons (Fsp3) is 0.474. The van der Waals surface area contributed by atoms with Crippen LogP contribution < -0.4 is 15.4 Å². The van der Waals surface area contributed by atoms with Crippen molar-refractivity contribution in [2.75, 3.05) is 19.6 Å². The molecule has 1 atom stereocenters. The third-order valence-electron chi connectivity index (χ3n) is 3.59. The van der Waals surface area contributed by atoms with Crippen LogP contribution in [0.3, 0.4) is 0 Å². The van der Waals surface area contributed by atoms with Crippen molar-refractivity contribution in [3.63, 3.8) is 0 Å². The number of benzene rings is 1. The molecule has 0 bridgehead atoms. The van der Waals surface area contributed by atoms with Gasteiger partial charge in [-0.15, -0.1) is 35.3 Å². The topological polar surface area (TPSA) is 58.5 Å². The quantitative estimate of drug-likeness (QED) is 0.307. The van der Waals surface area contributed by atoms with Crippen LogP contribution in [0.5, 0.6) is 5.75 Å². The number of hydrogen-bond acceptors (Lipinski definition) is 4. The Hall–Kier alpha value is -1.42. The van der Waals surface area contributed by atoms with Gasteiger partial charge in [-0.1, -0.05) is 19.1 Å². The summed E-state index contributed by atoms with van der Waals surface area (Å²) in [6.45, 7) is 7.96. The highest BCUT2D eigenvalue weighted by molar-refractivity contribution is 14.0. The van der Waals surface area contributed by atoms with E-state index in [2.05, 4.69) is 32.9 Å². The molecule has 8 heteroatoms. The number of nitrogens with zero attached hydrogens (tertiary/aromatic N) is 2. The van der Waals surface area contributed by atoms with Crippen LogP contribution in [0.2, 0.25) is 0 Å². The molecule has 0 aliphatic heterocycles. The molecule has 0 saturated carbocycles. The molecule has 0 spiro atoms. The van der Waals surface area contributed by atoms with E-state index in [9.17, 15) is 4.39 Å². The number of aliphatic imine (C=N–C) groups is 1. The summed E-state index contributed by atoms with van der Waals surface area (Å²) in [5, 5.41) is 9.78. The first kappa shape index (κ1) is 23.6. The number of halogens is 2. The maximum Gasteiger partial charge on any atom is 0.191 e. The molecule has 0 aliphatic rings. The Balaban J connectivity index is 0.00000364. The first-order chi connectivity index (χ1) is 12.6. The SMILES string of the molecule is CCNC(=NCC(C)Oc1ccccc1F)NCCc1csc(CC)n1.I. The minimum atomic E-state index is -0.358. The minimum absolute atomic E-state index is 0. The molecule has 1 heterocycles. The second kappa shape index (κ2) is 12.9. The van der Waals surface area contributed by atoms with Crippen molar-refractivity contribution < 1.29 is 9.13 Å². The van der Waals surface area contributed by atoms with E-state index < -0.39 is 0 Å². The summed E-state index contributed by atoms with van der Waals surface area (Å²) < 4.78 is 19.3. The molecule has 2 N–H and O–H groups in total. The van der Waals surface area contributed by atoms with Crippen molar-refractivity contribution in [3.05, 3.63) is 46.2 Å². The minimum Gasteiger partial charge on any atom is -0.486 e. The molecular formula is C19H28FIN4OS. The van der Waals surface area contributed by atoms with Crippen LogP contribution in [0.25, 0.3) is 0 Å². The van der Waals surface area contributed by atoms with Crippen molar-refractivity contribution in [3.8, 4) is 5.75 Å². The van der Waals surface area contributed by atoms with E-state index in [0.717, 1.165) is 37.6 Å². The number of aromatic nitrogens is 1. The lowest BCUT2D eigenvalue weighted by Crippen LogP contribution is -2.39.